The van der Waals surface area contributed by atoms with Crippen molar-refractivity contribution < 1.29 is 13.5 Å². The number of hydrogen-bond donors (Lipinski definition) is 2. The molecule has 0 spiro atoms. The van der Waals surface area contributed by atoms with Gasteiger partial charge in [0, 0.05) is 19.6 Å². The van der Waals surface area contributed by atoms with E-state index < -0.39 is 15.6 Å². The van der Waals surface area contributed by atoms with Gasteiger partial charge in [0.05, 0.1) is 11.9 Å². The molecule has 0 saturated carbocycles. The summed E-state index contributed by atoms with van der Waals surface area (Å²) in [6.07, 6.45) is 3.78. The lowest BCUT2D eigenvalue weighted by Crippen LogP contribution is -2.45. The van der Waals surface area contributed by atoms with Gasteiger partial charge in [-0.05, 0) is 44.6 Å². The van der Waals surface area contributed by atoms with Crippen molar-refractivity contribution >= 4 is 10.0 Å². The summed E-state index contributed by atoms with van der Waals surface area (Å²) in [5.41, 5.74) is -0.778. The third-order valence-electron chi connectivity index (χ3n) is 3.74. The molecule has 2 unspecified atom stereocenters. The van der Waals surface area contributed by atoms with Gasteiger partial charge in [-0.25, -0.2) is 12.7 Å². The molecule has 0 aromatic rings. The fraction of sp³-hybridized carbons (Fsp3) is 1.00. The summed E-state index contributed by atoms with van der Waals surface area (Å²) in [6.45, 7) is 8.69. The van der Waals surface area contributed by atoms with Crippen LogP contribution in [0.2, 0.25) is 0 Å². The lowest BCUT2D eigenvalue weighted by Gasteiger charge is -2.35. The van der Waals surface area contributed by atoms with E-state index in [1.165, 1.54) is 6.26 Å². The highest BCUT2D eigenvalue weighted by atomic mass is 32.2. The van der Waals surface area contributed by atoms with Crippen molar-refractivity contribution in [3.05, 3.63) is 0 Å². The Balaban J connectivity index is 2.46. The van der Waals surface area contributed by atoms with E-state index in [4.69, 9.17) is 0 Å². The largest absolute Gasteiger partial charge is 0.389 e. The van der Waals surface area contributed by atoms with Crippen LogP contribution in [0, 0.1) is 11.8 Å². The van der Waals surface area contributed by atoms with Gasteiger partial charge in [0.15, 0.2) is 0 Å². The minimum atomic E-state index is -3.11. The molecule has 0 aliphatic carbocycles. The fourth-order valence-electron chi connectivity index (χ4n) is 2.82. The van der Waals surface area contributed by atoms with Gasteiger partial charge in [-0.1, -0.05) is 13.8 Å². The van der Waals surface area contributed by atoms with Gasteiger partial charge in [-0.3, -0.25) is 0 Å². The molecular formula is C14H30N2O3S. The Bertz CT molecular complexity index is 393. The molecule has 120 valence electrons. The van der Waals surface area contributed by atoms with Crippen LogP contribution in [0.3, 0.4) is 0 Å². The smallest absolute Gasteiger partial charge is 0.211 e. The van der Waals surface area contributed by atoms with Gasteiger partial charge in [0.25, 0.3) is 0 Å². The van der Waals surface area contributed by atoms with Crippen LogP contribution in [0.15, 0.2) is 0 Å². The van der Waals surface area contributed by atoms with Gasteiger partial charge >= 0.3 is 0 Å². The molecule has 0 amide bonds. The quantitative estimate of drug-likeness (QED) is 0.737. The number of sulfonamides is 1. The van der Waals surface area contributed by atoms with Gasteiger partial charge in [-0.2, -0.15) is 0 Å². The van der Waals surface area contributed by atoms with E-state index in [1.54, 1.807) is 4.31 Å². The molecule has 20 heavy (non-hydrogen) atoms. The number of rotatable bonds is 7. The number of piperidine rings is 1. The van der Waals surface area contributed by atoms with Crippen LogP contribution < -0.4 is 5.32 Å². The van der Waals surface area contributed by atoms with Crippen molar-refractivity contribution in [2.75, 3.05) is 32.4 Å². The van der Waals surface area contributed by atoms with Crippen molar-refractivity contribution in [1.82, 2.24) is 9.62 Å². The maximum atomic E-state index is 11.6. The maximum absolute atomic E-state index is 11.6. The Morgan fingerprint density at radius 1 is 1.45 bits per heavy atom. The fourth-order valence-corrected chi connectivity index (χ4v) is 3.76. The van der Waals surface area contributed by atoms with E-state index in [1.807, 2.05) is 6.92 Å². The minimum Gasteiger partial charge on any atom is -0.389 e. The van der Waals surface area contributed by atoms with E-state index in [9.17, 15) is 13.5 Å². The molecule has 1 aliphatic heterocycles. The van der Waals surface area contributed by atoms with Crippen molar-refractivity contribution in [2.24, 2.45) is 11.8 Å². The Labute approximate surface area is 123 Å². The predicted octanol–water partition coefficient (Wildman–Crippen LogP) is 1.04. The standard InChI is InChI=1S/C14H30N2O3S/c1-12(2)9-15-11-14(3,17)8-13-6-5-7-16(10-13)20(4,18)19/h12-13,15,17H,5-11H2,1-4H3. The van der Waals surface area contributed by atoms with Crippen LogP contribution in [-0.4, -0.2) is 55.9 Å². The average molecular weight is 306 g/mol. The lowest BCUT2D eigenvalue weighted by molar-refractivity contribution is 0.0249. The highest BCUT2D eigenvalue weighted by Crippen LogP contribution is 2.26. The zero-order valence-electron chi connectivity index (χ0n) is 13.2. The number of nitrogens with one attached hydrogen (secondary N) is 1. The van der Waals surface area contributed by atoms with Crippen molar-refractivity contribution in [3.63, 3.8) is 0 Å². The van der Waals surface area contributed by atoms with Gasteiger partial charge in [0.2, 0.25) is 10.0 Å². The third kappa shape index (κ3) is 6.52. The SMILES string of the molecule is CC(C)CNCC(C)(O)CC1CCCN(S(C)(=O)=O)C1. The molecule has 0 radical (unpaired) electrons. The molecule has 1 aliphatic rings. The number of hydrogen-bond acceptors (Lipinski definition) is 4. The molecule has 0 aromatic carbocycles. The summed E-state index contributed by atoms with van der Waals surface area (Å²) in [5.74, 6) is 0.801. The number of nitrogens with zero attached hydrogens (tertiary/aromatic N) is 1. The zero-order valence-corrected chi connectivity index (χ0v) is 14.0. The molecule has 2 N–H and O–H groups in total. The predicted molar refractivity (Wildman–Crippen MR) is 82.1 cm³/mol. The van der Waals surface area contributed by atoms with Crippen LogP contribution in [0.4, 0.5) is 0 Å². The maximum Gasteiger partial charge on any atom is 0.211 e. The first-order chi connectivity index (χ1) is 9.10. The van der Waals surface area contributed by atoms with Gasteiger partial charge in [0.1, 0.15) is 0 Å². The molecular weight excluding hydrogens is 276 g/mol. The second-order valence-electron chi connectivity index (χ2n) is 6.86. The van der Waals surface area contributed by atoms with Crippen molar-refractivity contribution in [3.8, 4) is 0 Å². The molecule has 0 bridgehead atoms. The third-order valence-corrected chi connectivity index (χ3v) is 5.01. The summed E-state index contributed by atoms with van der Waals surface area (Å²) < 4.78 is 24.7. The molecule has 1 fully saturated rings. The zero-order chi connectivity index (χ0) is 15.4. The average Bonchev–Trinajstić information content (AvgIpc) is 2.26. The highest BCUT2D eigenvalue weighted by molar-refractivity contribution is 7.88. The molecule has 1 rings (SSSR count). The topological polar surface area (TPSA) is 69.6 Å². The Morgan fingerprint density at radius 2 is 2.10 bits per heavy atom. The molecule has 2 atom stereocenters. The normalized spacial score (nSPS) is 24.8. The van der Waals surface area contributed by atoms with Crippen LogP contribution in [-0.2, 0) is 10.0 Å². The molecule has 1 heterocycles. The summed E-state index contributed by atoms with van der Waals surface area (Å²) in [7, 11) is -3.11. The summed E-state index contributed by atoms with van der Waals surface area (Å²) in [4.78, 5) is 0. The summed E-state index contributed by atoms with van der Waals surface area (Å²) in [6, 6.07) is 0. The van der Waals surface area contributed by atoms with Crippen LogP contribution >= 0.6 is 0 Å². The molecule has 1 saturated heterocycles. The molecule has 0 aromatic heterocycles. The van der Waals surface area contributed by atoms with Crippen LogP contribution in [0.25, 0.3) is 0 Å². The minimum absolute atomic E-state index is 0.245. The van der Waals surface area contributed by atoms with E-state index in [0.29, 0.717) is 32.0 Å². The van der Waals surface area contributed by atoms with E-state index in [0.717, 1.165) is 19.4 Å². The van der Waals surface area contributed by atoms with E-state index >= 15 is 0 Å². The first-order valence-electron chi connectivity index (χ1n) is 7.48. The monoisotopic (exact) mass is 306 g/mol. The number of aliphatic hydroxyl groups is 1. The summed E-state index contributed by atoms with van der Waals surface area (Å²) >= 11 is 0. The van der Waals surface area contributed by atoms with Gasteiger partial charge in [-0.15, -0.1) is 0 Å². The first-order valence-corrected chi connectivity index (χ1v) is 9.33. The van der Waals surface area contributed by atoms with Crippen LogP contribution in [0.1, 0.15) is 40.0 Å². The molecule has 5 nitrogen and oxygen atoms in total. The van der Waals surface area contributed by atoms with Crippen molar-refractivity contribution in [1.29, 1.82) is 0 Å². The van der Waals surface area contributed by atoms with E-state index in [2.05, 4.69) is 19.2 Å². The summed E-state index contributed by atoms with van der Waals surface area (Å²) in [5, 5.41) is 13.7. The highest BCUT2D eigenvalue weighted by Gasteiger charge is 2.31. The second-order valence-corrected chi connectivity index (χ2v) is 8.84. The Kier molecular flexibility index (Phi) is 6.44. The molecule has 6 heteroatoms. The lowest BCUT2D eigenvalue weighted by atomic mass is 9.87. The van der Waals surface area contributed by atoms with Gasteiger partial charge < -0.3 is 10.4 Å². The van der Waals surface area contributed by atoms with Crippen molar-refractivity contribution in [2.45, 2.75) is 45.6 Å². The second kappa shape index (κ2) is 7.20. The van der Waals surface area contributed by atoms with E-state index in [-0.39, 0.29) is 5.92 Å². The first kappa shape index (κ1) is 17.9. The Hall–Kier alpha value is -0.170. The Morgan fingerprint density at radius 3 is 2.65 bits per heavy atom. The van der Waals surface area contributed by atoms with Crippen LogP contribution in [0.5, 0.6) is 0 Å².